The topological polar surface area (TPSA) is 40.8 Å². The van der Waals surface area contributed by atoms with Crippen molar-refractivity contribution in [1.29, 1.82) is 5.26 Å². The molecule has 1 saturated heterocycles. The van der Waals surface area contributed by atoms with Crippen LogP contribution < -0.4 is 5.32 Å². The van der Waals surface area contributed by atoms with Gasteiger partial charge in [0.1, 0.15) is 0 Å². The van der Waals surface area contributed by atoms with Crippen LogP contribution in [0.3, 0.4) is 0 Å². The van der Waals surface area contributed by atoms with E-state index in [1.54, 1.807) is 0 Å². The van der Waals surface area contributed by atoms with E-state index in [9.17, 15) is 5.26 Å². The lowest BCUT2D eigenvalue weighted by Crippen LogP contribution is -2.48. The van der Waals surface area contributed by atoms with Gasteiger partial charge in [0.25, 0.3) is 0 Å². The van der Waals surface area contributed by atoms with Gasteiger partial charge in [-0.1, -0.05) is 18.2 Å². The molecule has 2 bridgehead atoms. The minimum atomic E-state index is 0.170. The molecule has 0 saturated carbocycles. The second kappa shape index (κ2) is 3.85. The van der Waals surface area contributed by atoms with Gasteiger partial charge in [-0.05, 0) is 30.9 Å². The summed E-state index contributed by atoms with van der Waals surface area (Å²) in [6, 6.07) is 11.9. The summed E-state index contributed by atoms with van der Waals surface area (Å²) >= 11 is 0. The number of fused-ring (bicyclic) bond motifs is 6. The van der Waals surface area contributed by atoms with E-state index in [0.29, 0.717) is 12.1 Å². The lowest BCUT2D eigenvalue weighted by atomic mass is 9.79. The summed E-state index contributed by atoms with van der Waals surface area (Å²) in [6.07, 6.45) is 3.09. The van der Waals surface area contributed by atoms with Gasteiger partial charge < -0.3 is 9.88 Å². The Morgan fingerprint density at radius 2 is 2.16 bits per heavy atom. The average molecular weight is 251 g/mol. The number of nitrogens with one attached hydrogen (secondary N) is 1. The highest BCUT2D eigenvalue weighted by Crippen LogP contribution is 2.41. The van der Waals surface area contributed by atoms with Crippen molar-refractivity contribution < 1.29 is 0 Å². The van der Waals surface area contributed by atoms with Crippen molar-refractivity contribution in [2.45, 2.75) is 31.3 Å². The minimum absolute atomic E-state index is 0.170. The molecule has 1 N–H and O–H groups in total. The van der Waals surface area contributed by atoms with Crippen molar-refractivity contribution in [3.05, 3.63) is 35.5 Å². The molecular formula is C16H17N3. The lowest BCUT2D eigenvalue weighted by molar-refractivity contribution is 0.248. The fourth-order valence-electron chi connectivity index (χ4n) is 3.95. The van der Waals surface area contributed by atoms with Crippen LogP contribution >= 0.6 is 0 Å². The summed E-state index contributed by atoms with van der Waals surface area (Å²) in [4.78, 5) is 0. The predicted octanol–water partition coefficient (Wildman–Crippen LogP) is 2.67. The van der Waals surface area contributed by atoms with Gasteiger partial charge in [0, 0.05) is 35.7 Å². The van der Waals surface area contributed by atoms with Gasteiger partial charge in [0.05, 0.1) is 12.0 Å². The van der Waals surface area contributed by atoms with Gasteiger partial charge in [-0.25, -0.2) is 0 Å². The molecule has 19 heavy (non-hydrogen) atoms. The van der Waals surface area contributed by atoms with Gasteiger partial charge in [0.2, 0.25) is 0 Å². The van der Waals surface area contributed by atoms with Gasteiger partial charge in [-0.2, -0.15) is 5.26 Å². The van der Waals surface area contributed by atoms with Crippen molar-refractivity contribution in [2.24, 2.45) is 13.0 Å². The highest BCUT2D eigenvalue weighted by molar-refractivity contribution is 5.86. The standard InChI is InChI=1S/C16H17N3/c1-19-15-5-3-2-4-11(15)12-8-14-10(9-17)6-7-13(18-14)16(12)19/h2-5,10,13-14,18H,6-8H2,1H3/t10-,13+,14+/m1/s1. The molecule has 0 spiro atoms. The molecule has 96 valence electrons. The highest BCUT2D eigenvalue weighted by atomic mass is 15.1. The first-order valence-corrected chi connectivity index (χ1v) is 7.01. The molecule has 1 fully saturated rings. The second-order valence-corrected chi connectivity index (χ2v) is 5.78. The first-order valence-electron chi connectivity index (χ1n) is 7.01. The monoisotopic (exact) mass is 251 g/mol. The molecule has 1 aromatic carbocycles. The third-order valence-electron chi connectivity index (χ3n) is 4.85. The maximum absolute atomic E-state index is 9.27. The Morgan fingerprint density at radius 1 is 1.32 bits per heavy atom. The second-order valence-electron chi connectivity index (χ2n) is 5.78. The van der Waals surface area contributed by atoms with E-state index >= 15 is 0 Å². The van der Waals surface area contributed by atoms with Crippen molar-refractivity contribution in [3.63, 3.8) is 0 Å². The SMILES string of the molecule is Cn1c2c(c3ccccc31)C[C@@H]1N[C@H]2CC[C@@H]1C#N. The van der Waals surface area contributed by atoms with Crippen molar-refractivity contribution >= 4 is 10.9 Å². The van der Waals surface area contributed by atoms with E-state index in [2.05, 4.69) is 47.3 Å². The minimum Gasteiger partial charge on any atom is -0.346 e. The van der Waals surface area contributed by atoms with Crippen LogP contribution in [0.15, 0.2) is 24.3 Å². The average Bonchev–Trinajstić information content (AvgIpc) is 2.74. The Kier molecular flexibility index (Phi) is 2.24. The van der Waals surface area contributed by atoms with Crippen LogP contribution in [0, 0.1) is 17.2 Å². The Hall–Kier alpha value is -1.79. The Balaban J connectivity index is 1.94. The van der Waals surface area contributed by atoms with E-state index in [0.717, 1.165) is 19.3 Å². The van der Waals surface area contributed by atoms with Crippen LogP contribution in [-0.4, -0.2) is 10.6 Å². The van der Waals surface area contributed by atoms with Gasteiger partial charge in [-0.3, -0.25) is 0 Å². The van der Waals surface area contributed by atoms with Crippen molar-refractivity contribution in [2.75, 3.05) is 0 Å². The van der Waals surface area contributed by atoms with Crippen molar-refractivity contribution in [3.8, 4) is 6.07 Å². The molecule has 2 aliphatic rings. The van der Waals surface area contributed by atoms with Gasteiger partial charge >= 0.3 is 0 Å². The van der Waals surface area contributed by atoms with Crippen LogP contribution in [-0.2, 0) is 13.5 Å². The van der Waals surface area contributed by atoms with Crippen LogP contribution in [0.25, 0.3) is 10.9 Å². The molecule has 3 atom stereocenters. The molecular weight excluding hydrogens is 234 g/mol. The number of aromatic nitrogens is 1. The van der Waals surface area contributed by atoms with Gasteiger partial charge in [0.15, 0.2) is 0 Å². The number of nitriles is 1. The number of benzene rings is 1. The molecule has 1 aromatic heterocycles. The third-order valence-corrected chi connectivity index (χ3v) is 4.85. The zero-order valence-corrected chi connectivity index (χ0v) is 11.1. The number of aryl methyl sites for hydroxylation is 1. The maximum atomic E-state index is 9.27. The predicted molar refractivity (Wildman–Crippen MR) is 74.6 cm³/mol. The molecule has 3 heteroatoms. The summed E-state index contributed by atoms with van der Waals surface area (Å²) in [6.45, 7) is 0. The van der Waals surface area contributed by atoms with Gasteiger partial charge in [-0.15, -0.1) is 0 Å². The first-order chi connectivity index (χ1) is 9.29. The largest absolute Gasteiger partial charge is 0.346 e. The number of para-hydroxylation sites is 1. The first kappa shape index (κ1) is 11.1. The molecule has 2 aromatic rings. The molecule has 0 aliphatic carbocycles. The lowest BCUT2D eigenvalue weighted by Gasteiger charge is -2.39. The zero-order chi connectivity index (χ0) is 13.0. The van der Waals surface area contributed by atoms with E-state index in [1.165, 1.54) is 22.2 Å². The molecule has 0 radical (unpaired) electrons. The number of rotatable bonds is 0. The summed E-state index contributed by atoms with van der Waals surface area (Å²) in [7, 11) is 2.17. The Labute approximate surface area is 112 Å². The summed E-state index contributed by atoms with van der Waals surface area (Å²) in [5, 5.41) is 14.3. The summed E-state index contributed by atoms with van der Waals surface area (Å²) in [5.41, 5.74) is 4.22. The number of nitrogens with zero attached hydrogens (tertiary/aromatic N) is 2. The molecule has 2 aliphatic heterocycles. The number of hydrogen-bond acceptors (Lipinski definition) is 2. The Bertz CT molecular complexity index is 692. The van der Waals surface area contributed by atoms with Crippen LogP contribution in [0.5, 0.6) is 0 Å². The smallest absolute Gasteiger partial charge is 0.0672 e. The quantitative estimate of drug-likeness (QED) is 0.782. The normalized spacial score (nSPS) is 28.9. The van der Waals surface area contributed by atoms with E-state index in [-0.39, 0.29) is 5.92 Å². The van der Waals surface area contributed by atoms with Crippen molar-refractivity contribution in [1.82, 2.24) is 9.88 Å². The third kappa shape index (κ3) is 1.41. The highest BCUT2D eigenvalue weighted by Gasteiger charge is 2.38. The van der Waals surface area contributed by atoms with E-state index in [4.69, 9.17) is 0 Å². The molecule has 3 heterocycles. The fourth-order valence-corrected chi connectivity index (χ4v) is 3.95. The maximum Gasteiger partial charge on any atom is 0.0672 e. The molecule has 0 amide bonds. The number of hydrogen-bond donors (Lipinski definition) is 1. The van der Waals surface area contributed by atoms with E-state index < -0.39 is 0 Å². The Morgan fingerprint density at radius 3 is 3.00 bits per heavy atom. The summed E-state index contributed by atoms with van der Waals surface area (Å²) in [5.74, 6) is 0.170. The number of piperidine rings is 1. The van der Waals surface area contributed by atoms with Crippen LogP contribution in [0.4, 0.5) is 0 Å². The molecule has 4 rings (SSSR count). The van der Waals surface area contributed by atoms with Crippen LogP contribution in [0.1, 0.15) is 30.1 Å². The van der Waals surface area contributed by atoms with Crippen LogP contribution in [0.2, 0.25) is 0 Å². The summed E-state index contributed by atoms with van der Waals surface area (Å²) < 4.78 is 2.34. The zero-order valence-electron chi connectivity index (χ0n) is 11.1. The molecule has 3 nitrogen and oxygen atoms in total. The fraction of sp³-hybridized carbons (Fsp3) is 0.438. The van der Waals surface area contributed by atoms with E-state index in [1.807, 2.05) is 0 Å². The molecule has 0 unspecified atom stereocenters.